The fourth-order valence-corrected chi connectivity index (χ4v) is 6.10. The van der Waals surface area contributed by atoms with Crippen LogP contribution in [0.15, 0.2) is 30.3 Å². The molecule has 0 aliphatic carbocycles. The number of nitrogens with zero attached hydrogens (tertiary/aromatic N) is 1. The Labute approximate surface area is 157 Å². The molecule has 2 atom stereocenters. The maximum atomic E-state index is 12.8. The minimum absolute atomic E-state index is 0.291. The van der Waals surface area contributed by atoms with E-state index in [-0.39, 0.29) is 5.91 Å². The lowest BCUT2D eigenvalue weighted by atomic mass is 9.91. The molecular formula is C20H31NO4Si. The van der Waals surface area contributed by atoms with Gasteiger partial charge in [-0.1, -0.05) is 51.1 Å². The highest BCUT2D eigenvalue weighted by molar-refractivity contribution is 6.73. The summed E-state index contributed by atoms with van der Waals surface area (Å²) in [6.07, 6.45) is -1.20. The summed E-state index contributed by atoms with van der Waals surface area (Å²) in [7, 11) is -1.98. The van der Waals surface area contributed by atoms with Crippen molar-refractivity contribution < 1.29 is 18.8 Å². The van der Waals surface area contributed by atoms with Gasteiger partial charge < -0.3 is 9.16 Å². The van der Waals surface area contributed by atoms with Gasteiger partial charge in [-0.05, 0) is 44.5 Å². The standard InChI is InChI=1S/C20H31NO4Si/c1-7-26(8-2,9-3)25-17-16(15-13-11-10-12-14-15)21(18(17)22)19(23)24-20(4,5)6/h10-14,16-17H,7-9H2,1-6H3/t16-,17-/m0/s1. The molecule has 1 fully saturated rings. The zero-order valence-electron chi connectivity index (χ0n) is 16.7. The van der Waals surface area contributed by atoms with Crippen LogP contribution >= 0.6 is 0 Å². The smallest absolute Gasteiger partial charge is 0.417 e. The summed E-state index contributed by atoms with van der Waals surface area (Å²) in [6.45, 7) is 11.8. The fraction of sp³-hybridized carbons (Fsp3) is 0.600. The molecule has 0 unspecified atom stereocenters. The Bertz CT molecular complexity index is 629. The van der Waals surface area contributed by atoms with E-state index in [2.05, 4.69) is 20.8 Å². The lowest BCUT2D eigenvalue weighted by molar-refractivity contribution is -0.162. The van der Waals surface area contributed by atoms with E-state index in [0.29, 0.717) is 0 Å². The number of rotatable bonds is 6. The van der Waals surface area contributed by atoms with Crippen LogP contribution in [0.3, 0.4) is 0 Å². The second-order valence-corrected chi connectivity index (χ2v) is 12.5. The van der Waals surface area contributed by atoms with Crippen LogP contribution in [-0.4, -0.2) is 36.9 Å². The highest BCUT2D eigenvalue weighted by atomic mass is 28.4. The fourth-order valence-electron chi connectivity index (χ4n) is 3.34. The van der Waals surface area contributed by atoms with Gasteiger partial charge in [0.15, 0.2) is 14.4 Å². The van der Waals surface area contributed by atoms with Crippen LogP contribution < -0.4 is 0 Å². The molecule has 144 valence electrons. The van der Waals surface area contributed by atoms with E-state index in [1.54, 1.807) is 20.8 Å². The number of amides is 2. The molecule has 26 heavy (non-hydrogen) atoms. The van der Waals surface area contributed by atoms with Crippen LogP contribution in [-0.2, 0) is 14.0 Å². The zero-order chi connectivity index (χ0) is 19.5. The maximum absolute atomic E-state index is 12.8. The molecule has 0 saturated carbocycles. The van der Waals surface area contributed by atoms with Gasteiger partial charge in [0.2, 0.25) is 0 Å². The number of likely N-dealkylation sites (tertiary alicyclic amines) is 1. The zero-order valence-corrected chi connectivity index (χ0v) is 17.7. The Morgan fingerprint density at radius 2 is 1.62 bits per heavy atom. The number of ether oxygens (including phenoxy) is 1. The third-order valence-corrected chi connectivity index (χ3v) is 9.71. The van der Waals surface area contributed by atoms with Gasteiger partial charge in [0.1, 0.15) is 11.6 Å². The molecule has 0 N–H and O–H groups in total. The van der Waals surface area contributed by atoms with Crippen molar-refractivity contribution in [3.63, 3.8) is 0 Å². The SMILES string of the molecule is CC[Si](CC)(CC)O[C@@H]1C(=O)N(C(=O)OC(C)(C)C)[C@H]1c1ccccc1. The second kappa shape index (κ2) is 7.92. The lowest BCUT2D eigenvalue weighted by Gasteiger charge is -2.48. The number of imide groups is 1. The van der Waals surface area contributed by atoms with Gasteiger partial charge in [-0.3, -0.25) is 4.79 Å². The second-order valence-electron chi connectivity index (χ2n) is 7.83. The van der Waals surface area contributed by atoms with Gasteiger partial charge in [0.25, 0.3) is 5.91 Å². The molecule has 1 aliphatic rings. The molecule has 0 aromatic heterocycles. The average molecular weight is 378 g/mol. The molecule has 2 rings (SSSR count). The van der Waals surface area contributed by atoms with Crippen LogP contribution in [0.2, 0.25) is 18.1 Å². The van der Waals surface area contributed by atoms with Crippen molar-refractivity contribution in [2.24, 2.45) is 0 Å². The summed E-state index contributed by atoms with van der Waals surface area (Å²) in [4.78, 5) is 26.6. The molecule has 1 heterocycles. The molecule has 0 spiro atoms. The first-order valence-corrected chi connectivity index (χ1v) is 12.0. The molecular weight excluding hydrogens is 346 g/mol. The molecule has 2 amide bonds. The van der Waals surface area contributed by atoms with Crippen LogP contribution in [0, 0.1) is 0 Å². The van der Waals surface area contributed by atoms with Gasteiger partial charge in [-0.15, -0.1) is 0 Å². The van der Waals surface area contributed by atoms with Crippen LogP contribution in [0.1, 0.15) is 53.1 Å². The Kier molecular flexibility index (Phi) is 6.29. The van der Waals surface area contributed by atoms with Gasteiger partial charge in [-0.2, -0.15) is 0 Å². The van der Waals surface area contributed by atoms with Crippen molar-refractivity contribution in [1.82, 2.24) is 4.90 Å². The number of β-lactam (4-membered cyclic amide) rings is 1. The topological polar surface area (TPSA) is 55.8 Å². The minimum atomic E-state index is -1.98. The predicted molar refractivity (Wildman–Crippen MR) is 104 cm³/mol. The average Bonchev–Trinajstić information content (AvgIpc) is 2.60. The molecule has 1 aliphatic heterocycles. The van der Waals surface area contributed by atoms with E-state index in [4.69, 9.17) is 9.16 Å². The summed E-state index contributed by atoms with van der Waals surface area (Å²) in [5.41, 5.74) is 0.244. The minimum Gasteiger partial charge on any atom is -0.443 e. The van der Waals surface area contributed by atoms with E-state index in [1.165, 1.54) is 4.90 Å². The normalized spacial score (nSPS) is 20.7. The van der Waals surface area contributed by atoms with Crippen molar-refractivity contribution in [1.29, 1.82) is 0 Å². The van der Waals surface area contributed by atoms with Crippen molar-refractivity contribution in [2.45, 2.75) is 77.4 Å². The number of carbonyl (C=O) groups is 2. The van der Waals surface area contributed by atoms with Crippen molar-refractivity contribution in [3.8, 4) is 0 Å². The van der Waals surface area contributed by atoms with Crippen molar-refractivity contribution in [3.05, 3.63) is 35.9 Å². The molecule has 0 bridgehead atoms. The van der Waals surface area contributed by atoms with Gasteiger partial charge in [-0.25, -0.2) is 9.69 Å². The number of carbonyl (C=O) groups excluding carboxylic acids is 2. The third kappa shape index (κ3) is 4.18. The van der Waals surface area contributed by atoms with Gasteiger partial charge in [0, 0.05) is 0 Å². The summed E-state index contributed by atoms with van der Waals surface area (Å²) in [5, 5.41) is 0. The summed E-state index contributed by atoms with van der Waals surface area (Å²) in [6, 6.07) is 12.0. The third-order valence-electron chi connectivity index (χ3n) is 5.09. The Hall–Kier alpha value is -1.66. The maximum Gasteiger partial charge on any atom is 0.417 e. The van der Waals surface area contributed by atoms with E-state index in [9.17, 15) is 9.59 Å². The Morgan fingerprint density at radius 3 is 2.08 bits per heavy atom. The Morgan fingerprint density at radius 1 is 1.08 bits per heavy atom. The molecule has 5 nitrogen and oxygen atoms in total. The van der Waals surface area contributed by atoms with Gasteiger partial charge >= 0.3 is 6.09 Å². The lowest BCUT2D eigenvalue weighted by Crippen LogP contribution is -2.65. The molecule has 0 radical (unpaired) electrons. The summed E-state index contributed by atoms with van der Waals surface area (Å²) >= 11 is 0. The van der Waals surface area contributed by atoms with E-state index < -0.39 is 32.2 Å². The molecule has 1 saturated heterocycles. The van der Waals surface area contributed by atoms with Crippen molar-refractivity contribution >= 4 is 20.3 Å². The quantitative estimate of drug-likeness (QED) is 0.523. The first-order chi connectivity index (χ1) is 12.2. The number of benzene rings is 1. The highest BCUT2D eigenvalue weighted by Crippen LogP contribution is 2.41. The first-order valence-electron chi connectivity index (χ1n) is 9.47. The molecule has 1 aromatic carbocycles. The number of hydrogen-bond donors (Lipinski definition) is 0. The van der Waals surface area contributed by atoms with E-state index in [0.717, 1.165) is 23.7 Å². The van der Waals surface area contributed by atoms with E-state index in [1.807, 2.05) is 30.3 Å². The monoisotopic (exact) mass is 377 g/mol. The Balaban J connectivity index is 2.32. The summed E-state index contributed by atoms with van der Waals surface area (Å²) in [5.74, 6) is -0.291. The molecule has 6 heteroatoms. The predicted octanol–water partition coefficient (Wildman–Crippen LogP) is 4.90. The highest BCUT2D eigenvalue weighted by Gasteiger charge is 2.55. The van der Waals surface area contributed by atoms with Gasteiger partial charge in [0.05, 0.1) is 0 Å². The van der Waals surface area contributed by atoms with Crippen molar-refractivity contribution in [2.75, 3.05) is 0 Å². The number of hydrogen-bond acceptors (Lipinski definition) is 4. The first kappa shape index (κ1) is 20.6. The summed E-state index contributed by atoms with van der Waals surface area (Å²) < 4.78 is 11.9. The van der Waals surface area contributed by atoms with Crippen LogP contribution in [0.4, 0.5) is 4.79 Å². The van der Waals surface area contributed by atoms with E-state index >= 15 is 0 Å². The van der Waals surface area contributed by atoms with Crippen LogP contribution in [0.5, 0.6) is 0 Å². The largest absolute Gasteiger partial charge is 0.443 e. The molecule has 1 aromatic rings. The van der Waals surface area contributed by atoms with Crippen LogP contribution in [0.25, 0.3) is 0 Å².